The van der Waals surface area contributed by atoms with E-state index in [1.807, 2.05) is 24.3 Å². The van der Waals surface area contributed by atoms with Crippen LogP contribution in [0.15, 0.2) is 42.5 Å². The van der Waals surface area contributed by atoms with E-state index >= 15 is 0 Å². The molecule has 2 aromatic rings. The Balaban J connectivity index is 2.13. The highest BCUT2D eigenvalue weighted by atomic mass is 19.1. The van der Waals surface area contributed by atoms with Crippen molar-refractivity contribution in [1.29, 1.82) is 0 Å². The summed E-state index contributed by atoms with van der Waals surface area (Å²) in [5.74, 6) is -1.17. The second-order valence-electron chi connectivity index (χ2n) is 4.65. The molecular formula is C16H17F2N. The van der Waals surface area contributed by atoms with Crippen LogP contribution in [0.5, 0.6) is 0 Å². The van der Waals surface area contributed by atoms with Crippen molar-refractivity contribution >= 4 is 0 Å². The van der Waals surface area contributed by atoms with Gasteiger partial charge in [-0.05, 0) is 30.0 Å². The summed E-state index contributed by atoms with van der Waals surface area (Å²) in [6.07, 6.45) is 1.52. The molecule has 0 heterocycles. The fraction of sp³-hybridized carbons (Fsp3) is 0.250. The molecule has 2 aromatic carbocycles. The number of nitrogens with two attached hydrogens (primary N) is 1. The van der Waals surface area contributed by atoms with Crippen molar-refractivity contribution < 1.29 is 8.78 Å². The zero-order chi connectivity index (χ0) is 13.8. The van der Waals surface area contributed by atoms with Crippen molar-refractivity contribution in [3.63, 3.8) is 0 Å². The molecule has 0 spiro atoms. The number of benzene rings is 2. The first-order valence-electron chi connectivity index (χ1n) is 6.38. The van der Waals surface area contributed by atoms with E-state index in [1.54, 1.807) is 0 Å². The van der Waals surface area contributed by atoms with E-state index in [-0.39, 0.29) is 0 Å². The highest BCUT2D eigenvalue weighted by Crippen LogP contribution is 2.20. The van der Waals surface area contributed by atoms with Gasteiger partial charge >= 0.3 is 0 Å². The van der Waals surface area contributed by atoms with Crippen LogP contribution >= 0.6 is 0 Å². The molecule has 1 unspecified atom stereocenters. The lowest BCUT2D eigenvalue weighted by molar-refractivity contribution is 0.554. The van der Waals surface area contributed by atoms with Crippen LogP contribution in [0.2, 0.25) is 0 Å². The lowest BCUT2D eigenvalue weighted by Crippen LogP contribution is -2.15. The van der Waals surface area contributed by atoms with Gasteiger partial charge < -0.3 is 5.73 Å². The van der Waals surface area contributed by atoms with Crippen LogP contribution in [0.1, 0.15) is 29.7 Å². The molecule has 0 saturated heterocycles. The first kappa shape index (κ1) is 13.7. The second-order valence-corrected chi connectivity index (χ2v) is 4.65. The molecule has 0 aromatic heterocycles. The molecule has 2 rings (SSSR count). The van der Waals surface area contributed by atoms with Gasteiger partial charge in [0.05, 0.1) is 0 Å². The highest BCUT2D eigenvalue weighted by Gasteiger charge is 2.12. The molecule has 0 amide bonds. The summed E-state index contributed by atoms with van der Waals surface area (Å²) in [5.41, 5.74) is 8.64. The molecular weight excluding hydrogens is 244 g/mol. The van der Waals surface area contributed by atoms with Crippen molar-refractivity contribution in [2.45, 2.75) is 25.8 Å². The van der Waals surface area contributed by atoms with Gasteiger partial charge in [-0.15, -0.1) is 0 Å². The van der Waals surface area contributed by atoms with E-state index in [2.05, 4.69) is 6.92 Å². The van der Waals surface area contributed by atoms with Crippen LogP contribution in [0.4, 0.5) is 8.78 Å². The third kappa shape index (κ3) is 3.38. The van der Waals surface area contributed by atoms with Gasteiger partial charge in [-0.1, -0.05) is 37.3 Å². The van der Waals surface area contributed by atoms with Crippen LogP contribution in [0, 0.1) is 11.6 Å². The van der Waals surface area contributed by atoms with Gasteiger partial charge in [-0.2, -0.15) is 0 Å². The maximum Gasteiger partial charge on any atom is 0.130 e. The minimum Gasteiger partial charge on any atom is -0.324 e. The quantitative estimate of drug-likeness (QED) is 0.890. The van der Waals surface area contributed by atoms with Gasteiger partial charge in [-0.25, -0.2) is 8.78 Å². The standard InChI is InChI=1S/C16H17F2N/c1-2-11-3-5-12(6-4-11)9-16(19)14-8-7-13(17)10-15(14)18/h3-8,10,16H,2,9,19H2,1H3. The lowest BCUT2D eigenvalue weighted by Gasteiger charge is -2.13. The van der Waals surface area contributed by atoms with Crippen LogP contribution in [-0.2, 0) is 12.8 Å². The second kappa shape index (κ2) is 5.93. The molecule has 3 heteroatoms. The fourth-order valence-corrected chi connectivity index (χ4v) is 2.08. The Labute approximate surface area is 112 Å². The lowest BCUT2D eigenvalue weighted by atomic mass is 9.98. The van der Waals surface area contributed by atoms with Gasteiger partial charge in [0.1, 0.15) is 11.6 Å². The molecule has 0 bridgehead atoms. The monoisotopic (exact) mass is 261 g/mol. The van der Waals surface area contributed by atoms with Gasteiger partial charge in [-0.3, -0.25) is 0 Å². The van der Waals surface area contributed by atoms with Gasteiger partial charge in [0.15, 0.2) is 0 Å². The number of halogens is 2. The van der Waals surface area contributed by atoms with Gasteiger partial charge in [0, 0.05) is 17.7 Å². The van der Waals surface area contributed by atoms with Crippen molar-refractivity contribution in [2.24, 2.45) is 5.73 Å². The molecule has 1 nitrogen and oxygen atoms in total. The Hall–Kier alpha value is -1.74. The molecule has 19 heavy (non-hydrogen) atoms. The maximum atomic E-state index is 13.6. The summed E-state index contributed by atoms with van der Waals surface area (Å²) < 4.78 is 26.4. The summed E-state index contributed by atoms with van der Waals surface area (Å²) in [4.78, 5) is 0. The molecule has 1 atom stereocenters. The van der Waals surface area contributed by atoms with E-state index < -0.39 is 17.7 Å². The zero-order valence-electron chi connectivity index (χ0n) is 10.9. The Kier molecular flexibility index (Phi) is 4.27. The molecule has 0 fully saturated rings. The van der Waals surface area contributed by atoms with Crippen LogP contribution in [0.25, 0.3) is 0 Å². The van der Waals surface area contributed by atoms with E-state index in [1.165, 1.54) is 17.7 Å². The SMILES string of the molecule is CCc1ccc(CC(N)c2ccc(F)cc2F)cc1. The van der Waals surface area contributed by atoms with Crippen molar-refractivity contribution in [2.75, 3.05) is 0 Å². The summed E-state index contributed by atoms with van der Waals surface area (Å²) in [6.45, 7) is 2.09. The zero-order valence-corrected chi connectivity index (χ0v) is 10.9. The predicted molar refractivity (Wildman–Crippen MR) is 72.8 cm³/mol. The van der Waals surface area contributed by atoms with Crippen molar-refractivity contribution in [3.05, 3.63) is 70.8 Å². The number of hydrogen-bond acceptors (Lipinski definition) is 1. The molecule has 0 aliphatic carbocycles. The molecule has 0 aliphatic heterocycles. The number of hydrogen-bond donors (Lipinski definition) is 1. The van der Waals surface area contributed by atoms with Crippen molar-refractivity contribution in [1.82, 2.24) is 0 Å². The van der Waals surface area contributed by atoms with Crippen LogP contribution < -0.4 is 5.73 Å². The largest absolute Gasteiger partial charge is 0.324 e. The van der Waals surface area contributed by atoms with Crippen molar-refractivity contribution in [3.8, 4) is 0 Å². The molecule has 100 valence electrons. The van der Waals surface area contributed by atoms with E-state index in [0.717, 1.165) is 18.1 Å². The smallest absolute Gasteiger partial charge is 0.130 e. The first-order valence-corrected chi connectivity index (χ1v) is 6.38. The van der Waals surface area contributed by atoms with E-state index in [9.17, 15) is 8.78 Å². The van der Waals surface area contributed by atoms with Crippen LogP contribution in [-0.4, -0.2) is 0 Å². The summed E-state index contributed by atoms with van der Waals surface area (Å²) in [5, 5.41) is 0. The molecule has 0 saturated carbocycles. The Morgan fingerprint density at radius 2 is 1.63 bits per heavy atom. The third-order valence-electron chi connectivity index (χ3n) is 3.25. The maximum absolute atomic E-state index is 13.6. The Morgan fingerprint density at radius 3 is 2.21 bits per heavy atom. The molecule has 0 radical (unpaired) electrons. The van der Waals surface area contributed by atoms with E-state index in [0.29, 0.717) is 12.0 Å². The fourth-order valence-electron chi connectivity index (χ4n) is 2.08. The van der Waals surface area contributed by atoms with Gasteiger partial charge in [0.25, 0.3) is 0 Å². The van der Waals surface area contributed by atoms with Crippen LogP contribution in [0.3, 0.4) is 0 Å². The minimum atomic E-state index is -0.585. The summed E-state index contributed by atoms with van der Waals surface area (Å²) >= 11 is 0. The topological polar surface area (TPSA) is 26.0 Å². The number of rotatable bonds is 4. The average Bonchev–Trinajstić information content (AvgIpc) is 2.39. The minimum absolute atomic E-state index is 0.348. The van der Waals surface area contributed by atoms with E-state index in [4.69, 9.17) is 5.73 Å². The average molecular weight is 261 g/mol. The summed E-state index contributed by atoms with van der Waals surface area (Å²) in [6, 6.07) is 11.1. The Bertz CT molecular complexity index is 549. The normalized spacial score (nSPS) is 12.4. The summed E-state index contributed by atoms with van der Waals surface area (Å²) in [7, 11) is 0. The predicted octanol–water partition coefficient (Wildman–Crippen LogP) is 3.77. The third-order valence-corrected chi connectivity index (χ3v) is 3.25. The van der Waals surface area contributed by atoms with Gasteiger partial charge in [0.2, 0.25) is 0 Å². The molecule has 2 N–H and O–H groups in total. The first-order chi connectivity index (χ1) is 9.10. The number of aryl methyl sites for hydroxylation is 1. The molecule has 0 aliphatic rings. The highest BCUT2D eigenvalue weighted by molar-refractivity contribution is 5.27. The Morgan fingerprint density at radius 1 is 1.00 bits per heavy atom.